The molecular weight excluding hydrogens is 280 g/mol. The predicted molar refractivity (Wildman–Crippen MR) is 104 cm³/mol. The quantitative estimate of drug-likeness (QED) is 0.305. The zero-order valence-corrected chi connectivity index (χ0v) is 16.3. The van der Waals surface area contributed by atoms with Crippen molar-refractivity contribution in [3.63, 3.8) is 0 Å². The Labute approximate surface area is 138 Å². The van der Waals surface area contributed by atoms with E-state index in [1.54, 1.807) is 0 Å². The first-order valence-corrected chi connectivity index (χ1v) is 11.3. The zero-order chi connectivity index (χ0) is 15.3. The van der Waals surface area contributed by atoms with E-state index in [0.29, 0.717) is 0 Å². The van der Waals surface area contributed by atoms with Gasteiger partial charge in [0, 0.05) is 0 Å². The van der Waals surface area contributed by atoms with Crippen molar-refractivity contribution >= 4 is 23.5 Å². The van der Waals surface area contributed by atoms with Gasteiger partial charge in [0.1, 0.15) is 0 Å². The minimum Gasteiger partial charge on any atom is -0.162 e. The van der Waals surface area contributed by atoms with E-state index < -0.39 is 0 Å². The average Bonchev–Trinajstić information content (AvgIpc) is 2.47. The second-order valence-electron chi connectivity index (χ2n) is 5.35. The smallest absolute Gasteiger partial charge is 0.00675 e. The molecule has 0 fully saturated rings. The SMILES string of the molecule is CCCCCSCCCCC.CCCCSCCCC. The van der Waals surface area contributed by atoms with Gasteiger partial charge in [-0.25, -0.2) is 0 Å². The Kier molecular flexibility index (Phi) is 28.4. The molecule has 0 saturated carbocycles. The molecule has 0 heterocycles. The van der Waals surface area contributed by atoms with Crippen molar-refractivity contribution in [2.45, 2.75) is 91.9 Å². The van der Waals surface area contributed by atoms with Crippen LogP contribution >= 0.6 is 23.5 Å². The molecule has 2 heteroatoms. The largest absolute Gasteiger partial charge is 0.162 e. The molecule has 0 saturated heterocycles. The van der Waals surface area contributed by atoms with E-state index in [-0.39, 0.29) is 0 Å². The third-order valence-corrected chi connectivity index (χ3v) is 5.38. The number of hydrogen-bond acceptors (Lipinski definition) is 2. The summed E-state index contributed by atoms with van der Waals surface area (Å²) in [6.07, 6.45) is 13.9. The molecule has 0 nitrogen and oxygen atoms in total. The van der Waals surface area contributed by atoms with Crippen molar-refractivity contribution in [3.05, 3.63) is 0 Å². The Hall–Kier alpha value is 0.700. The lowest BCUT2D eigenvalue weighted by atomic mass is 10.3. The summed E-state index contributed by atoms with van der Waals surface area (Å²) in [7, 11) is 0. The van der Waals surface area contributed by atoms with Gasteiger partial charge in [-0.3, -0.25) is 0 Å². The lowest BCUT2D eigenvalue weighted by molar-refractivity contribution is 0.768. The van der Waals surface area contributed by atoms with Crippen LogP contribution in [0, 0.1) is 0 Å². The number of hydrogen-bond donors (Lipinski definition) is 0. The summed E-state index contributed by atoms with van der Waals surface area (Å²) in [5.41, 5.74) is 0. The van der Waals surface area contributed by atoms with E-state index >= 15 is 0 Å². The molecular formula is C18H40S2. The van der Waals surface area contributed by atoms with Crippen LogP contribution in [0.2, 0.25) is 0 Å². The summed E-state index contributed by atoms with van der Waals surface area (Å²) in [6, 6.07) is 0. The summed E-state index contributed by atoms with van der Waals surface area (Å²) in [4.78, 5) is 0. The van der Waals surface area contributed by atoms with Gasteiger partial charge in [-0.1, -0.05) is 66.2 Å². The molecule has 0 aliphatic carbocycles. The molecule has 0 aliphatic heterocycles. The first-order valence-electron chi connectivity index (χ1n) is 8.98. The molecule has 124 valence electrons. The predicted octanol–water partition coefficient (Wildman–Crippen LogP) is 7.42. The third-order valence-electron chi connectivity index (χ3n) is 3.07. The lowest BCUT2D eigenvalue weighted by Gasteiger charge is -1.99. The maximum absolute atomic E-state index is 2.27. The van der Waals surface area contributed by atoms with Crippen LogP contribution in [-0.4, -0.2) is 23.0 Å². The number of rotatable bonds is 14. The number of thioether (sulfide) groups is 2. The van der Waals surface area contributed by atoms with Crippen LogP contribution in [-0.2, 0) is 0 Å². The van der Waals surface area contributed by atoms with E-state index in [9.17, 15) is 0 Å². The van der Waals surface area contributed by atoms with Gasteiger partial charge in [-0.05, 0) is 48.7 Å². The highest BCUT2D eigenvalue weighted by Gasteiger charge is 1.89. The average molecular weight is 321 g/mol. The van der Waals surface area contributed by atoms with Crippen LogP contribution in [0.5, 0.6) is 0 Å². The van der Waals surface area contributed by atoms with Crippen LogP contribution < -0.4 is 0 Å². The first-order chi connectivity index (χ1) is 9.83. The van der Waals surface area contributed by atoms with Crippen molar-refractivity contribution in [1.29, 1.82) is 0 Å². The zero-order valence-electron chi connectivity index (χ0n) is 14.7. The third kappa shape index (κ3) is 27.1. The second kappa shape index (κ2) is 24.7. The van der Waals surface area contributed by atoms with Gasteiger partial charge in [0.25, 0.3) is 0 Å². The molecule has 0 amide bonds. The summed E-state index contributed by atoms with van der Waals surface area (Å²) in [6.45, 7) is 9.03. The Morgan fingerprint density at radius 3 is 1.00 bits per heavy atom. The Morgan fingerprint density at radius 2 is 0.700 bits per heavy atom. The Balaban J connectivity index is 0. The normalized spacial score (nSPS) is 10.2. The summed E-state index contributed by atoms with van der Waals surface area (Å²) < 4.78 is 0. The van der Waals surface area contributed by atoms with Crippen LogP contribution in [0.4, 0.5) is 0 Å². The standard InChI is InChI=1S/C10H22S.C8H18S/c1-3-5-7-9-11-10-8-6-4-2;1-3-5-7-9-8-6-4-2/h3-10H2,1-2H3;3-8H2,1-2H3. The van der Waals surface area contributed by atoms with Crippen molar-refractivity contribution in [3.8, 4) is 0 Å². The molecule has 0 aliphatic rings. The van der Waals surface area contributed by atoms with Gasteiger partial charge in [-0.15, -0.1) is 0 Å². The van der Waals surface area contributed by atoms with Crippen LogP contribution in [0.15, 0.2) is 0 Å². The van der Waals surface area contributed by atoms with Gasteiger partial charge in [0.05, 0.1) is 0 Å². The van der Waals surface area contributed by atoms with Crippen molar-refractivity contribution in [2.24, 2.45) is 0 Å². The highest BCUT2D eigenvalue weighted by atomic mass is 32.2. The van der Waals surface area contributed by atoms with Crippen LogP contribution in [0.3, 0.4) is 0 Å². The van der Waals surface area contributed by atoms with Crippen molar-refractivity contribution < 1.29 is 0 Å². The fraction of sp³-hybridized carbons (Fsp3) is 1.00. The first kappa shape index (κ1) is 23.0. The van der Waals surface area contributed by atoms with Crippen molar-refractivity contribution in [2.75, 3.05) is 23.0 Å². The van der Waals surface area contributed by atoms with E-state index in [1.807, 2.05) is 0 Å². The topological polar surface area (TPSA) is 0 Å². The summed E-state index contributed by atoms with van der Waals surface area (Å²) in [5, 5.41) is 0. The minimum atomic E-state index is 1.35. The molecule has 0 N–H and O–H groups in total. The van der Waals surface area contributed by atoms with Gasteiger partial charge in [0.15, 0.2) is 0 Å². The second-order valence-corrected chi connectivity index (χ2v) is 7.80. The summed E-state index contributed by atoms with van der Waals surface area (Å²) in [5.74, 6) is 5.52. The summed E-state index contributed by atoms with van der Waals surface area (Å²) >= 11 is 4.24. The molecule has 0 atom stereocenters. The number of unbranched alkanes of at least 4 members (excludes halogenated alkanes) is 6. The van der Waals surface area contributed by atoms with Gasteiger partial charge in [-0.2, -0.15) is 23.5 Å². The fourth-order valence-corrected chi connectivity index (χ4v) is 3.82. The molecule has 0 aromatic heterocycles. The molecule has 0 unspecified atom stereocenters. The van der Waals surface area contributed by atoms with E-state index in [1.165, 1.54) is 87.2 Å². The molecule has 0 aromatic carbocycles. The minimum absolute atomic E-state index is 1.35. The molecule has 0 aromatic rings. The van der Waals surface area contributed by atoms with Gasteiger partial charge >= 0.3 is 0 Å². The Morgan fingerprint density at radius 1 is 0.400 bits per heavy atom. The molecule has 0 radical (unpaired) electrons. The van der Waals surface area contributed by atoms with E-state index in [4.69, 9.17) is 0 Å². The highest BCUT2D eigenvalue weighted by Crippen LogP contribution is 2.09. The lowest BCUT2D eigenvalue weighted by Crippen LogP contribution is -1.83. The van der Waals surface area contributed by atoms with Gasteiger partial charge in [0.2, 0.25) is 0 Å². The maximum Gasteiger partial charge on any atom is -0.00675 e. The Bertz CT molecular complexity index is 123. The van der Waals surface area contributed by atoms with E-state index in [2.05, 4.69) is 51.2 Å². The van der Waals surface area contributed by atoms with Crippen molar-refractivity contribution in [1.82, 2.24) is 0 Å². The maximum atomic E-state index is 2.27. The monoisotopic (exact) mass is 320 g/mol. The molecule has 0 rings (SSSR count). The molecule has 0 spiro atoms. The highest BCUT2D eigenvalue weighted by molar-refractivity contribution is 7.99. The molecule has 0 bridgehead atoms. The van der Waals surface area contributed by atoms with E-state index in [0.717, 1.165) is 0 Å². The van der Waals surface area contributed by atoms with Gasteiger partial charge < -0.3 is 0 Å². The van der Waals surface area contributed by atoms with Crippen LogP contribution in [0.1, 0.15) is 91.9 Å². The fourth-order valence-electron chi connectivity index (χ4n) is 1.61. The molecule has 20 heavy (non-hydrogen) atoms. The van der Waals surface area contributed by atoms with Crippen LogP contribution in [0.25, 0.3) is 0 Å².